The molecule has 0 fully saturated rings. The minimum absolute atomic E-state index is 0.116. The lowest BCUT2D eigenvalue weighted by Gasteiger charge is -2.23. The Labute approximate surface area is 129 Å². The number of carbonyl (C=O) groups is 1. The Morgan fingerprint density at radius 3 is 2.00 bits per heavy atom. The molecule has 1 amide bonds. The Balaban J connectivity index is 2.92. The Hall–Kier alpha value is -1.39. The van der Waals surface area contributed by atoms with Gasteiger partial charge in [0, 0.05) is 12.9 Å². The first kappa shape index (κ1) is 17.7. The first-order chi connectivity index (χ1) is 9.91. The fourth-order valence-corrected chi connectivity index (χ4v) is 5.42. The van der Waals surface area contributed by atoms with Gasteiger partial charge in [-0.25, -0.2) is 0 Å². The largest absolute Gasteiger partial charge is 0.322 e. The van der Waals surface area contributed by atoms with Crippen LogP contribution in [0.25, 0.3) is 0 Å². The molecule has 3 nitrogen and oxygen atoms in total. The van der Waals surface area contributed by atoms with Crippen molar-refractivity contribution in [3.05, 3.63) is 28.8 Å². The van der Waals surface area contributed by atoms with Gasteiger partial charge in [0.2, 0.25) is 0 Å². The number of carbonyl (C=O) groups excluding carboxylic acids is 1. The van der Waals surface area contributed by atoms with Crippen LogP contribution in [0.15, 0.2) is 12.1 Å². The maximum atomic E-state index is 12.4. The molecule has 0 bridgehead atoms. The van der Waals surface area contributed by atoms with E-state index in [-0.39, 0.29) is 5.91 Å². The SMILES string of the molecule is CC[P+](CC)(CC)CC(=O)Nc1c(C)cc(C#N)cc1C. The summed E-state index contributed by atoms with van der Waals surface area (Å²) in [6, 6.07) is 5.80. The second-order valence-corrected chi connectivity index (χ2v) is 10.5. The zero-order valence-electron chi connectivity index (χ0n) is 13.8. The van der Waals surface area contributed by atoms with Gasteiger partial charge in [0.25, 0.3) is 5.91 Å². The molecule has 4 heteroatoms. The number of anilines is 1. The van der Waals surface area contributed by atoms with Crippen LogP contribution in [0.1, 0.15) is 37.5 Å². The minimum atomic E-state index is -1.14. The average Bonchev–Trinajstić information content (AvgIpc) is 2.48. The van der Waals surface area contributed by atoms with Crippen molar-refractivity contribution in [2.45, 2.75) is 34.6 Å². The van der Waals surface area contributed by atoms with E-state index >= 15 is 0 Å². The average molecular weight is 305 g/mol. The van der Waals surface area contributed by atoms with E-state index in [1.165, 1.54) is 0 Å². The summed E-state index contributed by atoms with van der Waals surface area (Å²) < 4.78 is 0. The molecule has 0 aliphatic carbocycles. The van der Waals surface area contributed by atoms with Crippen LogP contribution in [-0.2, 0) is 4.79 Å². The zero-order valence-corrected chi connectivity index (χ0v) is 14.7. The molecule has 0 aromatic heterocycles. The molecule has 0 aliphatic heterocycles. The lowest BCUT2D eigenvalue weighted by Crippen LogP contribution is -2.22. The third kappa shape index (κ3) is 4.29. The maximum Gasteiger partial charge on any atom is 0.261 e. The monoisotopic (exact) mass is 305 g/mol. The van der Waals surface area contributed by atoms with Gasteiger partial charge < -0.3 is 5.32 Å². The molecule has 0 unspecified atom stereocenters. The van der Waals surface area contributed by atoms with Crippen molar-refractivity contribution in [1.29, 1.82) is 5.26 Å². The lowest BCUT2D eigenvalue weighted by atomic mass is 10.0. The lowest BCUT2D eigenvalue weighted by molar-refractivity contribution is -0.113. The number of nitrogens with one attached hydrogen (secondary N) is 1. The topological polar surface area (TPSA) is 52.9 Å². The van der Waals surface area contributed by atoms with Crippen molar-refractivity contribution < 1.29 is 4.79 Å². The first-order valence-electron chi connectivity index (χ1n) is 7.57. The highest BCUT2D eigenvalue weighted by Gasteiger charge is 2.34. The van der Waals surface area contributed by atoms with Crippen LogP contribution < -0.4 is 5.32 Å². The quantitative estimate of drug-likeness (QED) is 0.801. The van der Waals surface area contributed by atoms with Gasteiger partial charge in [-0.2, -0.15) is 5.26 Å². The van der Waals surface area contributed by atoms with Crippen LogP contribution in [0, 0.1) is 25.2 Å². The number of nitriles is 1. The van der Waals surface area contributed by atoms with Gasteiger partial charge in [0.15, 0.2) is 0 Å². The summed E-state index contributed by atoms with van der Waals surface area (Å²) >= 11 is 0. The van der Waals surface area contributed by atoms with Crippen molar-refractivity contribution in [1.82, 2.24) is 0 Å². The van der Waals surface area contributed by atoms with Crippen molar-refractivity contribution >= 4 is 18.9 Å². The van der Waals surface area contributed by atoms with E-state index in [4.69, 9.17) is 5.26 Å². The van der Waals surface area contributed by atoms with Crippen molar-refractivity contribution in [3.63, 3.8) is 0 Å². The number of benzene rings is 1. The molecule has 0 saturated heterocycles. The molecular formula is C17H26N2OP+. The number of nitrogens with zero attached hydrogens (tertiary/aromatic N) is 1. The van der Waals surface area contributed by atoms with Gasteiger partial charge in [0.1, 0.15) is 6.16 Å². The van der Waals surface area contributed by atoms with Crippen molar-refractivity contribution in [3.8, 4) is 6.07 Å². The predicted octanol–water partition coefficient (Wildman–Crippen LogP) is 4.19. The Kier molecular flexibility index (Phi) is 6.37. The van der Waals surface area contributed by atoms with Crippen LogP contribution in [-0.4, -0.2) is 30.6 Å². The fraction of sp³-hybridized carbons (Fsp3) is 0.529. The van der Waals surface area contributed by atoms with Crippen LogP contribution in [0.5, 0.6) is 0 Å². The summed E-state index contributed by atoms with van der Waals surface area (Å²) in [5, 5.41) is 12.0. The highest BCUT2D eigenvalue weighted by Crippen LogP contribution is 2.57. The third-order valence-corrected chi connectivity index (χ3v) is 9.40. The number of amides is 1. The third-order valence-electron chi connectivity index (χ3n) is 4.42. The molecule has 1 rings (SSSR count). The number of hydrogen-bond acceptors (Lipinski definition) is 2. The molecular weight excluding hydrogens is 279 g/mol. The summed E-state index contributed by atoms with van der Waals surface area (Å²) in [4.78, 5) is 12.4. The van der Waals surface area contributed by atoms with E-state index in [0.717, 1.165) is 35.3 Å². The van der Waals surface area contributed by atoms with E-state index < -0.39 is 7.26 Å². The maximum absolute atomic E-state index is 12.4. The Morgan fingerprint density at radius 2 is 1.62 bits per heavy atom. The van der Waals surface area contributed by atoms with E-state index in [2.05, 4.69) is 32.2 Å². The van der Waals surface area contributed by atoms with Crippen molar-refractivity contribution in [2.24, 2.45) is 0 Å². The molecule has 0 aliphatic rings. The molecule has 0 atom stereocenters. The van der Waals surface area contributed by atoms with Gasteiger partial charge in [-0.05, 0) is 57.9 Å². The summed E-state index contributed by atoms with van der Waals surface area (Å²) in [6.45, 7) is 10.5. The summed E-state index contributed by atoms with van der Waals surface area (Å²) in [6.07, 6.45) is 4.03. The van der Waals surface area contributed by atoms with Gasteiger partial charge in [-0.1, -0.05) is 0 Å². The highest BCUT2D eigenvalue weighted by molar-refractivity contribution is 7.76. The zero-order chi connectivity index (χ0) is 16.0. The van der Waals surface area contributed by atoms with Crippen LogP contribution >= 0.6 is 7.26 Å². The Morgan fingerprint density at radius 1 is 1.14 bits per heavy atom. The molecule has 1 aromatic rings. The van der Waals surface area contributed by atoms with Gasteiger partial charge in [0.05, 0.1) is 30.1 Å². The molecule has 1 N–H and O–H groups in total. The van der Waals surface area contributed by atoms with Crippen LogP contribution in [0.4, 0.5) is 5.69 Å². The molecule has 1 aromatic carbocycles. The van der Waals surface area contributed by atoms with Crippen LogP contribution in [0.3, 0.4) is 0 Å². The summed E-state index contributed by atoms with van der Waals surface area (Å²) in [5.41, 5.74) is 3.41. The summed E-state index contributed by atoms with van der Waals surface area (Å²) in [7, 11) is -1.14. The second-order valence-electron chi connectivity index (χ2n) is 5.59. The normalized spacial score (nSPS) is 11.0. The second kappa shape index (κ2) is 7.57. The Bertz CT molecular complexity index is 525. The minimum Gasteiger partial charge on any atom is -0.322 e. The standard InChI is InChI=1S/C17H25N2OP/c1-6-21(7-2,8-3)12-16(20)19-17-13(4)9-15(11-18)10-14(17)5/h9-10H,6-8,12H2,1-5H3/p+1. The molecule has 21 heavy (non-hydrogen) atoms. The van der Waals surface area contributed by atoms with E-state index in [9.17, 15) is 4.79 Å². The molecule has 0 heterocycles. The number of rotatable bonds is 6. The highest BCUT2D eigenvalue weighted by atomic mass is 31.2. The van der Waals surface area contributed by atoms with E-state index in [0.29, 0.717) is 11.7 Å². The fourth-order valence-electron chi connectivity index (χ4n) is 2.72. The van der Waals surface area contributed by atoms with Crippen molar-refractivity contribution in [2.75, 3.05) is 30.0 Å². The summed E-state index contributed by atoms with van der Waals surface area (Å²) in [5.74, 6) is 0.116. The molecule has 0 radical (unpaired) electrons. The van der Waals surface area contributed by atoms with Crippen LogP contribution in [0.2, 0.25) is 0 Å². The molecule has 0 spiro atoms. The van der Waals surface area contributed by atoms with E-state index in [1.807, 2.05) is 26.0 Å². The van der Waals surface area contributed by atoms with Gasteiger partial charge >= 0.3 is 0 Å². The number of aryl methyl sites for hydroxylation is 2. The predicted molar refractivity (Wildman–Crippen MR) is 92.7 cm³/mol. The first-order valence-corrected chi connectivity index (χ1v) is 10.1. The number of hydrogen-bond donors (Lipinski definition) is 1. The van der Waals surface area contributed by atoms with E-state index in [1.54, 1.807) is 0 Å². The molecule has 0 saturated carbocycles. The smallest absolute Gasteiger partial charge is 0.261 e. The van der Waals surface area contributed by atoms with Gasteiger partial charge in [-0.3, -0.25) is 4.79 Å². The van der Waals surface area contributed by atoms with Gasteiger partial charge in [-0.15, -0.1) is 0 Å². The molecule has 114 valence electrons.